The molecule has 0 aliphatic rings. The Hall–Kier alpha value is -2.20. The molecule has 2 aromatic carbocycles. The smallest absolute Gasteiger partial charge is 0.123 e. The zero-order valence-corrected chi connectivity index (χ0v) is 10.3. The summed E-state index contributed by atoms with van der Waals surface area (Å²) in [6, 6.07) is 12.1. The second-order valence-corrected chi connectivity index (χ2v) is 4.48. The molecule has 0 saturated carbocycles. The Morgan fingerprint density at radius 3 is 2.53 bits per heavy atom. The third-order valence-electron chi connectivity index (χ3n) is 3.14. The van der Waals surface area contributed by atoms with Crippen LogP contribution >= 0.6 is 0 Å². The van der Waals surface area contributed by atoms with Crippen LogP contribution in [-0.2, 0) is 13.2 Å². The highest BCUT2D eigenvalue weighted by molar-refractivity contribution is 5.79. The third kappa shape index (κ3) is 2.35. The molecule has 0 amide bonds. The highest BCUT2D eigenvalue weighted by Crippen LogP contribution is 2.17. The molecule has 0 saturated heterocycles. The lowest BCUT2D eigenvalue weighted by atomic mass is 10.1. The Morgan fingerprint density at radius 1 is 1.05 bits per heavy atom. The maximum absolute atomic E-state index is 12.9. The highest BCUT2D eigenvalue weighted by atomic mass is 19.1. The van der Waals surface area contributed by atoms with Crippen LogP contribution in [-0.4, -0.2) is 14.9 Å². The molecule has 0 fully saturated rings. The fourth-order valence-electron chi connectivity index (χ4n) is 2.10. The number of hydrogen-bond acceptors (Lipinski definition) is 2. The molecule has 0 spiro atoms. The quantitative estimate of drug-likeness (QED) is 0.782. The number of benzene rings is 2. The van der Waals surface area contributed by atoms with Crippen LogP contribution in [0.3, 0.4) is 0 Å². The predicted octanol–water partition coefficient (Wildman–Crippen LogP) is 2.72. The maximum Gasteiger partial charge on any atom is 0.123 e. The molecule has 96 valence electrons. The van der Waals surface area contributed by atoms with Gasteiger partial charge in [-0.1, -0.05) is 24.3 Å². The highest BCUT2D eigenvalue weighted by Gasteiger charge is 2.04. The van der Waals surface area contributed by atoms with E-state index in [4.69, 9.17) is 0 Å². The lowest BCUT2D eigenvalue weighted by Gasteiger charge is -2.05. The second-order valence-electron chi connectivity index (χ2n) is 4.48. The van der Waals surface area contributed by atoms with E-state index in [1.807, 2.05) is 22.9 Å². The first-order valence-corrected chi connectivity index (χ1v) is 6.06. The molecule has 1 N–H and O–H groups in total. The molecule has 0 radical (unpaired) electrons. The van der Waals surface area contributed by atoms with Gasteiger partial charge in [-0.3, -0.25) is 4.68 Å². The van der Waals surface area contributed by atoms with Crippen LogP contribution in [0.15, 0.2) is 48.7 Å². The maximum atomic E-state index is 12.9. The minimum Gasteiger partial charge on any atom is -0.392 e. The van der Waals surface area contributed by atoms with Gasteiger partial charge < -0.3 is 5.11 Å². The Bertz CT molecular complexity index is 704. The SMILES string of the molecule is OCc1ccc2cnn(Cc3ccc(F)cc3)c2c1. The van der Waals surface area contributed by atoms with Crippen LogP contribution in [0.25, 0.3) is 10.9 Å². The molecule has 0 aliphatic carbocycles. The number of rotatable bonds is 3. The van der Waals surface area contributed by atoms with E-state index in [9.17, 15) is 9.50 Å². The van der Waals surface area contributed by atoms with Crippen LogP contribution in [0.4, 0.5) is 4.39 Å². The first kappa shape index (κ1) is 11.9. The van der Waals surface area contributed by atoms with E-state index in [-0.39, 0.29) is 12.4 Å². The average Bonchev–Trinajstić information content (AvgIpc) is 2.84. The van der Waals surface area contributed by atoms with Crippen molar-refractivity contribution in [2.75, 3.05) is 0 Å². The van der Waals surface area contributed by atoms with E-state index < -0.39 is 0 Å². The first-order chi connectivity index (χ1) is 9.26. The topological polar surface area (TPSA) is 38.1 Å². The molecular weight excluding hydrogens is 243 g/mol. The van der Waals surface area contributed by atoms with Crippen molar-refractivity contribution >= 4 is 10.9 Å². The summed E-state index contributed by atoms with van der Waals surface area (Å²) in [5.74, 6) is -0.239. The monoisotopic (exact) mass is 256 g/mol. The van der Waals surface area contributed by atoms with E-state index in [1.165, 1.54) is 12.1 Å². The molecule has 0 unspecified atom stereocenters. The second kappa shape index (κ2) is 4.82. The van der Waals surface area contributed by atoms with Gasteiger partial charge in [0, 0.05) is 5.39 Å². The van der Waals surface area contributed by atoms with E-state index in [0.717, 1.165) is 22.0 Å². The summed E-state index contributed by atoms with van der Waals surface area (Å²) in [6.45, 7) is 0.594. The molecular formula is C15H13FN2O. The van der Waals surface area contributed by atoms with Crippen LogP contribution in [0.2, 0.25) is 0 Å². The van der Waals surface area contributed by atoms with E-state index in [0.29, 0.717) is 6.54 Å². The standard InChI is InChI=1S/C15H13FN2O/c16-14-5-2-11(3-6-14)9-18-15-7-12(10-19)1-4-13(15)8-17-18/h1-8,19H,9-10H2. The van der Waals surface area contributed by atoms with Gasteiger partial charge in [-0.25, -0.2) is 4.39 Å². The van der Waals surface area contributed by atoms with Crippen molar-refractivity contribution in [2.24, 2.45) is 0 Å². The predicted molar refractivity (Wildman–Crippen MR) is 71.2 cm³/mol. The summed E-state index contributed by atoms with van der Waals surface area (Å²) in [5.41, 5.74) is 2.81. The van der Waals surface area contributed by atoms with Crippen molar-refractivity contribution in [3.8, 4) is 0 Å². The van der Waals surface area contributed by atoms with Crippen LogP contribution in [0, 0.1) is 5.82 Å². The molecule has 0 atom stereocenters. The van der Waals surface area contributed by atoms with Gasteiger partial charge in [0.25, 0.3) is 0 Å². The number of aromatic nitrogens is 2. The van der Waals surface area contributed by atoms with Gasteiger partial charge in [0.1, 0.15) is 5.82 Å². The molecule has 3 rings (SSSR count). The van der Waals surface area contributed by atoms with Crippen molar-refractivity contribution in [3.05, 3.63) is 65.6 Å². The van der Waals surface area contributed by atoms with Gasteiger partial charge in [-0.05, 0) is 29.3 Å². The van der Waals surface area contributed by atoms with Gasteiger partial charge in [0.05, 0.1) is 24.9 Å². The van der Waals surface area contributed by atoms with Crippen molar-refractivity contribution in [1.29, 1.82) is 0 Å². The molecule has 1 heterocycles. The van der Waals surface area contributed by atoms with Crippen molar-refractivity contribution < 1.29 is 9.50 Å². The summed E-state index contributed by atoms with van der Waals surface area (Å²) in [5, 5.41) is 14.5. The fourth-order valence-corrected chi connectivity index (χ4v) is 2.10. The van der Waals surface area contributed by atoms with E-state index >= 15 is 0 Å². The minimum absolute atomic E-state index is 0.0116. The lowest BCUT2D eigenvalue weighted by molar-refractivity contribution is 0.282. The van der Waals surface area contributed by atoms with Crippen LogP contribution < -0.4 is 0 Å². The molecule has 19 heavy (non-hydrogen) atoms. The number of hydrogen-bond donors (Lipinski definition) is 1. The molecule has 0 aliphatic heterocycles. The van der Waals surface area contributed by atoms with Gasteiger partial charge in [-0.15, -0.1) is 0 Å². The lowest BCUT2D eigenvalue weighted by Crippen LogP contribution is -2.01. The molecule has 3 aromatic rings. The van der Waals surface area contributed by atoms with Crippen molar-refractivity contribution in [3.63, 3.8) is 0 Å². The van der Waals surface area contributed by atoms with Crippen LogP contribution in [0.5, 0.6) is 0 Å². The summed E-state index contributed by atoms with van der Waals surface area (Å²) in [7, 11) is 0. The Labute approximate surface area is 109 Å². The summed E-state index contributed by atoms with van der Waals surface area (Å²) < 4.78 is 14.7. The first-order valence-electron chi connectivity index (χ1n) is 6.06. The van der Waals surface area contributed by atoms with Gasteiger partial charge >= 0.3 is 0 Å². The minimum atomic E-state index is -0.239. The number of halogens is 1. The number of aliphatic hydroxyl groups excluding tert-OH is 1. The number of nitrogens with zero attached hydrogens (tertiary/aromatic N) is 2. The third-order valence-corrected chi connectivity index (χ3v) is 3.14. The Kier molecular flexibility index (Phi) is 3.01. The average molecular weight is 256 g/mol. The van der Waals surface area contributed by atoms with Gasteiger partial charge in [0.15, 0.2) is 0 Å². The largest absolute Gasteiger partial charge is 0.392 e. The van der Waals surface area contributed by atoms with E-state index in [2.05, 4.69) is 5.10 Å². The zero-order valence-electron chi connectivity index (χ0n) is 10.3. The summed E-state index contributed by atoms with van der Waals surface area (Å²) in [4.78, 5) is 0. The van der Waals surface area contributed by atoms with Gasteiger partial charge in [-0.2, -0.15) is 5.10 Å². The molecule has 0 bridgehead atoms. The Morgan fingerprint density at radius 2 is 1.79 bits per heavy atom. The number of aliphatic hydroxyl groups is 1. The molecule has 1 aromatic heterocycles. The normalized spacial score (nSPS) is 11.1. The van der Waals surface area contributed by atoms with Crippen LogP contribution in [0.1, 0.15) is 11.1 Å². The summed E-state index contributed by atoms with van der Waals surface area (Å²) >= 11 is 0. The molecule has 4 heteroatoms. The van der Waals surface area contributed by atoms with Crippen molar-refractivity contribution in [2.45, 2.75) is 13.2 Å². The van der Waals surface area contributed by atoms with E-state index in [1.54, 1.807) is 18.3 Å². The molecule has 3 nitrogen and oxygen atoms in total. The summed E-state index contributed by atoms with van der Waals surface area (Å²) in [6.07, 6.45) is 1.79. The number of fused-ring (bicyclic) bond motifs is 1. The Balaban J connectivity index is 1.98. The zero-order chi connectivity index (χ0) is 13.2. The van der Waals surface area contributed by atoms with Crippen molar-refractivity contribution in [1.82, 2.24) is 9.78 Å². The van der Waals surface area contributed by atoms with Gasteiger partial charge in [0.2, 0.25) is 0 Å². The fraction of sp³-hybridized carbons (Fsp3) is 0.133.